The van der Waals surface area contributed by atoms with Crippen molar-refractivity contribution in [2.75, 3.05) is 19.7 Å². The highest BCUT2D eigenvalue weighted by atomic mass is 16.5. The molecule has 0 aliphatic heterocycles. The number of nitrogens with one attached hydrogen (secondary N) is 1. The molecule has 0 rings (SSSR count). The number of amides is 1. The normalized spacial score (nSPS) is 14.1. The summed E-state index contributed by atoms with van der Waals surface area (Å²) in [5, 5.41) is 2.92. The molecule has 0 saturated carbocycles. The number of hydrogen-bond acceptors (Lipinski definition) is 4. The number of rotatable bonds is 8. The van der Waals surface area contributed by atoms with E-state index in [2.05, 4.69) is 5.32 Å². The van der Waals surface area contributed by atoms with E-state index in [9.17, 15) is 9.59 Å². The number of nitrogens with zero attached hydrogens (tertiary/aromatic N) is 1. The van der Waals surface area contributed by atoms with Gasteiger partial charge < -0.3 is 10.1 Å². The lowest BCUT2D eigenvalue weighted by atomic mass is 10.2. The molecule has 0 aromatic heterocycles. The number of likely N-dealkylation sites (N-methyl/N-ethyl adjacent to an activating group) is 1. The van der Waals surface area contributed by atoms with Gasteiger partial charge in [-0.3, -0.25) is 14.5 Å². The molecule has 0 bridgehead atoms. The van der Waals surface area contributed by atoms with Gasteiger partial charge in [-0.25, -0.2) is 0 Å². The van der Waals surface area contributed by atoms with Crippen LogP contribution in [0.5, 0.6) is 0 Å². The molecule has 5 heteroatoms. The summed E-state index contributed by atoms with van der Waals surface area (Å²) in [4.78, 5) is 25.2. The Kier molecular flexibility index (Phi) is 8.37. The molecule has 0 aromatic carbocycles. The fourth-order valence-electron chi connectivity index (χ4n) is 1.53. The molecule has 2 atom stereocenters. The van der Waals surface area contributed by atoms with Crippen molar-refractivity contribution in [3.8, 4) is 0 Å². The van der Waals surface area contributed by atoms with E-state index in [4.69, 9.17) is 4.74 Å². The quantitative estimate of drug-likeness (QED) is 0.664. The van der Waals surface area contributed by atoms with Crippen molar-refractivity contribution >= 4 is 11.9 Å². The van der Waals surface area contributed by atoms with E-state index < -0.39 is 0 Å². The first-order valence-corrected chi connectivity index (χ1v) is 6.66. The van der Waals surface area contributed by atoms with Gasteiger partial charge in [0.25, 0.3) is 0 Å². The van der Waals surface area contributed by atoms with Crippen molar-refractivity contribution in [1.82, 2.24) is 10.2 Å². The number of ether oxygens (including phenoxy) is 1. The lowest BCUT2D eigenvalue weighted by Crippen LogP contribution is -2.49. The molecular formula is C13H26N2O3. The van der Waals surface area contributed by atoms with Gasteiger partial charge in [-0.1, -0.05) is 13.8 Å². The minimum atomic E-state index is -0.326. The van der Waals surface area contributed by atoms with Gasteiger partial charge in [0.1, 0.15) is 0 Å². The Balaban J connectivity index is 4.36. The molecule has 1 amide bonds. The lowest BCUT2D eigenvalue weighted by molar-refractivity contribution is -0.145. The highest BCUT2D eigenvalue weighted by molar-refractivity contribution is 5.82. The number of carbonyl (C=O) groups excluding carboxylic acids is 2. The Morgan fingerprint density at radius 1 is 1.22 bits per heavy atom. The first kappa shape index (κ1) is 16.9. The average Bonchev–Trinajstić information content (AvgIpc) is 2.35. The minimum absolute atomic E-state index is 0.0458. The average molecular weight is 258 g/mol. The molecule has 0 saturated heterocycles. The van der Waals surface area contributed by atoms with E-state index >= 15 is 0 Å². The third kappa shape index (κ3) is 6.00. The van der Waals surface area contributed by atoms with Crippen LogP contribution in [-0.4, -0.2) is 48.6 Å². The summed E-state index contributed by atoms with van der Waals surface area (Å²) in [6.07, 6.45) is 0.891. The van der Waals surface area contributed by atoms with Gasteiger partial charge in [0, 0.05) is 6.04 Å². The van der Waals surface area contributed by atoms with Gasteiger partial charge in [-0.05, 0) is 33.7 Å². The first-order valence-electron chi connectivity index (χ1n) is 6.66. The molecule has 0 heterocycles. The maximum absolute atomic E-state index is 11.9. The topological polar surface area (TPSA) is 58.6 Å². The largest absolute Gasteiger partial charge is 0.465 e. The number of carbonyl (C=O) groups is 2. The Bertz CT molecular complexity index is 269. The second-order valence-electron chi connectivity index (χ2n) is 4.36. The maximum Gasteiger partial charge on any atom is 0.320 e. The van der Waals surface area contributed by atoms with Gasteiger partial charge in [-0.2, -0.15) is 0 Å². The van der Waals surface area contributed by atoms with Crippen LogP contribution in [0, 0.1) is 0 Å². The second-order valence-corrected chi connectivity index (χ2v) is 4.36. The van der Waals surface area contributed by atoms with E-state index in [-0.39, 0.29) is 30.5 Å². The van der Waals surface area contributed by atoms with E-state index in [1.54, 1.807) is 18.7 Å². The molecule has 5 nitrogen and oxygen atoms in total. The lowest BCUT2D eigenvalue weighted by Gasteiger charge is -2.27. The summed E-state index contributed by atoms with van der Waals surface area (Å²) in [5.74, 6) is -0.335. The van der Waals surface area contributed by atoms with Crippen LogP contribution >= 0.6 is 0 Å². The Morgan fingerprint density at radius 3 is 2.28 bits per heavy atom. The van der Waals surface area contributed by atoms with E-state index in [0.29, 0.717) is 13.2 Å². The van der Waals surface area contributed by atoms with E-state index in [1.807, 2.05) is 20.8 Å². The summed E-state index contributed by atoms with van der Waals surface area (Å²) in [5.41, 5.74) is 0. The van der Waals surface area contributed by atoms with Crippen LogP contribution in [-0.2, 0) is 14.3 Å². The van der Waals surface area contributed by atoms with Crippen LogP contribution < -0.4 is 5.32 Å². The predicted molar refractivity (Wildman–Crippen MR) is 71.2 cm³/mol. The minimum Gasteiger partial charge on any atom is -0.465 e. The zero-order valence-corrected chi connectivity index (χ0v) is 12.2. The zero-order valence-electron chi connectivity index (χ0n) is 12.2. The summed E-state index contributed by atoms with van der Waals surface area (Å²) < 4.78 is 4.89. The maximum atomic E-state index is 11.9. The first-order chi connectivity index (χ1) is 8.46. The van der Waals surface area contributed by atoms with Crippen LogP contribution in [0.4, 0.5) is 0 Å². The van der Waals surface area contributed by atoms with Gasteiger partial charge >= 0.3 is 5.97 Å². The summed E-state index contributed by atoms with van der Waals surface area (Å²) in [7, 11) is 0. The molecular weight excluding hydrogens is 232 g/mol. The molecule has 1 N–H and O–H groups in total. The van der Waals surface area contributed by atoms with Crippen molar-refractivity contribution in [3.63, 3.8) is 0 Å². The molecule has 0 aromatic rings. The molecule has 2 unspecified atom stereocenters. The standard InChI is InChI=1S/C13H26N2O3/c1-6-10(4)14-13(17)11(5)15(7-2)9-12(16)18-8-3/h10-11H,6-9H2,1-5H3,(H,14,17). The van der Waals surface area contributed by atoms with Gasteiger partial charge in [0.05, 0.1) is 19.2 Å². The number of hydrogen-bond donors (Lipinski definition) is 1. The Labute approximate surface area is 110 Å². The molecule has 0 aliphatic carbocycles. The van der Waals surface area contributed by atoms with Gasteiger partial charge in [0.15, 0.2) is 0 Å². The predicted octanol–water partition coefficient (Wildman–Crippen LogP) is 1.17. The molecule has 0 aliphatic rings. The van der Waals surface area contributed by atoms with Crippen LogP contribution in [0.25, 0.3) is 0 Å². The molecule has 0 radical (unpaired) electrons. The van der Waals surface area contributed by atoms with Crippen molar-refractivity contribution in [2.45, 2.75) is 53.1 Å². The van der Waals surface area contributed by atoms with Crippen LogP contribution in [0.15, 0.2) is 0 Å². The Morgan fingerprint density at radius 2 is 1.83 bits per heavy atom. The van der Waals surface area contributed by atoms with Crippen LogP contribution in [0.2, 0.25) is 0 Å². The van der Waals surface area contributed by atoms with Crippen molar-refractivity contribution in [2.24, 2.45) is 0 Å². The van der Waals surface area contributed by atoms with Crippen molar-refractivity contribution in [3.05, 3.63) is 0 Å². The van der Waals surface area contributed by atoms with Gasteiger partial charge in [0.2, 0.25) is 5.91 Å². The Hall–Kier alpha value is -1.10. The highest BCUT2D eigenvalue weighted by Crippen LogP contribution is 2.01. The van der Waals surface area contributed by atoms with Gasteiger partial charge in [-0.15, -0.1) is 0 Å². The summed E-state index contributed by atoms with van der Waals surface area (Å²) >= 11 is 0. The highest BCUT2D eigenvalue weighted by Gasteiger charge is 2.23. The molecule has 18 heavy (non-hydrogen) atoms. The third-order valence-electron chi connectivity index (χ3n) is 2.97. The molecule has 0 spiro atoms. The zero-order chi connectivity index (χ0) is 14.1. The van der Waals surface area contributed by atoms with Crippen molar-refractivity contribution in [1.29, 1.82) is 0 Å². The smallest absolute Gasteiger partial charge is 0.320 e. The molecule has 0 fully saturated rings. The third-order valence-corrected chi connectivity index (χ3v) is 2.97. The van der Waals surface area contributed by atoms with Crippen LogP contribution in [0.3, 0.4) is 0 Å². The summed E-state index contributed by atoms with van der Waals surface area (Å²) in [6.45, 7) is 10.6. The molecule has 106 valence electrons. The van der Waals surface area contributed by atoms with E-state index in [0.717, 1.165) is 6.42 Å². The summed E-state index contributed by atoms with van der Waals surface area (Å²) in [6, 6.07) is -0.172. The fourth-order valence-corrected chi connectivity index (χ4v) is 1.53. The fraction of sp³-hybridized carbons (Fsp3) is 0.846. The van der Waals surface area contributed by atoms with Crippen molar-refractivity contribution < 1.29 is 14.3 Å². The van der Waals surface area contributed by atoms with Crippen LogP contribution in [0.1, 0.15) is 41.0 Å². The SMILES string of the molecule is CCOC(=O)CN(CC)C(C)C(=O)NC(C)CC. The number of esters is 1. The second kappa shape index (κ2) is 8.91. The van der Waals surface area contributed by atoms with E-state index in [1.165, 1.54) is 0 Å². The monoisotopic (exact) mass is 258 g/mol.